The number of benzene rings is 4. The minimum absolute atomic E-state index is 0.00179. The molecule has 0 aliphatic heterocycles. The zero-order valence-corrected chi connectivity index (χ0v) is 22.7. The minimum Gasteiger partial charge on any atom is -0.481 e. The average molecular weight is 551 g/mol. The second kappa shape index (κ2) is 15.1. The van der Waals surface area contributed by atoms with Crippen LogP contribution >= 0.6 is 0 Å². The minimum atomic E-state index is -1.03. The molecule has 7 heteroatoms. The summed E-state index contributed by atoms with van der Waals surface area (Å²) in [7, 11) is 0. The molecule has 2 amide bonds. The molecule has 3 atom stereocenters. The van der Waals surface area contributed by atoms with Gasteiger partial charge in [0.1, 0.15) is 12.5 Å². The zero-order chi connectivity index (χ0) is 28.9. The first kappa shape index (κ1) is 29.2. The van der Waals surface area contributed by atoms with Crippen molar-refractivity contribution < 1.29 is 24.3 Å². The van der Waals surface area contributed by atoms with E-state index in [0.717, 1.165) is 21.8 Å². The molecular weight excluding hydrogens is 516 g/mol. The molecule has 0 saturated heterocycles. The molecule has 0 aliphatic carbocycles. The lowest BCUT2D eigenvalue weighted by atomic mass is 9.86. The summed E-state index contributed by atoms with van der Waals surface area (Å²) in [5, 5.41) is 14.5. The number of carbonyl (C=O) groups excluding carboxylic acids is 2. The van der Waals surface area contributed by atoms with Gasteiger partial charge in [-0.05, 0) is 35.1 Å². The van der Waals surface area contributed by atoms with E-state index in [-0.39, 0.29) is 19.1 Å². The molecule has 4 aromatic rings. The third kappa shape index (κ3) is 8.88. The number of carboxylic acids is 1. The predicted molar refractivity (Wildman–Crippen MR) is 157 cm³/mol. The van der Waals surface area contributed by atoms with Crippen molar-refractivity contribution >= 4 is 18.3 Å². The predicted octanol–water partition coefficient (Wildman–Crippen LogP) is 5.03. The number of carboxylic acid groups (broad SMARTS) is 1. The zero-order valence-electron chi connectivity index (χ0n) is 22.7. The van der Waals surface area contributed by atoms with Crippen LogP contribution in [0, 0.1) is 5.92 Å². The highest BCUT2D eigenvalue weighted by Crippen LogP contribution is 2.24. The van der Waals surface area contributed by atoms with E-state index in [1.54, 1.807) is 24.3 Å². The van der Waals surface area contributed by atoms with Gasteiger partial charge in [0.25, 0.3) is 0 Å². The van der Waals surface area contributed by atoms with Gasteiger partial charge in [0.15, 0.2) is 0 Å². The van der Waals surface area contributed by atoms with Crippen LogP contribution in [0.1, 0.15) is 28.2 Å². The topological polar surface area (TPSA) is 95.9 Å². The lowest BCUT2D eigenvalue weighted by Crippen LogP contribution is -2.48. The Bertz CT molecular complexity index is 1370. The van der Waals surface area contributed by atoms with Gasteiger partial charge in [-0.25, -0.2) is 5.06 Å². The van der Waals surface area contributed by atoms with Crippen molar-refractivity contribution in [3.63, 3.8) is 0 Å². The number of nitrogens with one attached hydrogen (secondary N) is 1. The van der Waals surface area contributed by atoms with Crippen molar-refractivity contribution in [3.05, 3.63) is 144 Å². The van der Waals surface area contributed by atoms with E-state index in [0.29, 0.717) is 24.8 Å². The van der Waals surface area contributed by atoms with Gasteiger partial charge in [0.05, 0.1) is 18.5 Å². The summed E-state index contributed by atoms with van der Waals surface area (Å²) in [4.78, 5) is 44.2. The van der Waals surface area contributed by atoms with Crippen molar-refractivity contribution in [2.45, 2.75) is 31.4 Å². The van der Waals surface area contributed by atoms with Crippen LogP contribution in [-0.4, -0.2) is 41.0 Å². The summed E-state index contributed by atoms with van der Waals surface area (Å²) in [6, 6.07) is 36.6. The van der Waals surface area contributed by atoms with E-state index < -0.39 is 23.8 Å². The van der Waals surface area contributed by atoms with Gasteiger partial charge in [-0.3, -0.25) is 19.2 Å². The number of carbonyl (C=O) groups is 3. The van der Waals surface area contributed by atoms with Crippen LogP contribution in [0.3, 0.4) is 0 Å². The van der Waals surface area contributed by atoms with Crippen LogP contribution in [0.4, 0.5) is 0 Å². The van der Waals surface area contributed by atoms with Crippen LogP contribution < -0.4 is 5.32 Å². The Morgan fingerprint density at radius 3 is 1.73 bits per heavy atom. The van der Waals surface area contributed by atoms with Crippen LogP contribution in [0.2, 0.25) is 0 Å². The molecule has 2 N–H and O–H groups in total. The van der Waals surface area contributed by atoms with Gasteiger partial charge < -0.3 is 10.4 Å². The number of aliphatic carboxylic acids is 1. The molecule has 0 fully saturated rings. The summed E-state index contributed by atoms with van der Waals surface area (Å²) in [6.45, 7) is 0.170. The fraction of sp³-hybridized carbons (Fsp3) is 0.206. The Balaban J connectivity index is 1.59. The van der Waals surface area contributed by atoms with E-state index in [4.69, 9.17) is 4.84 Å². The molecule has 0 aromatic heterocycles. The van der Waals surface area contributed by atoms with Gasteiger partial charge in [-0.15, -0.1) is 0 Å². The molecule has 4 aromatic carbocycles. The van der Waals surface area contributed by atoms with Crippen molar-refractivity contribution in [2.75, 3.05) is 6.54 Å². The number of rotatable bonds is 15. The second-order valence-electron chi connectivity index (χ2n) is 9.88. The molecule has 4 rings (SSSR count). The Morgan fingerprint density at radius 1 is 0.732 bits per heavy atom. The van der Waals surface area contributed by atoms with Gasteiger partial charge in [-0.1, -0.05) is 121 Å². The fourth-order valence-corrected chi connectivity index (χ4v) is 4.84. The summed E-state index contributed by atoms with van der Waals surface area (Å²) in [5.41, 5.74) is 3.30. The molecule has 41 heavy (non-hydrogen) atoms. The van der Waals surface area contributed by atoms with Crippen molar-refractivity contribution in [1.82, 2.24) is 10.4 Å². The molecule has 2 unspecified atom stereocenters. The smallest absolute Gasteiger partial charge is 0.313 e. The van der Waals surface area contributed by atoms with Crippen LogP contribution in [-0.2, 0) is 38.7 Å². The van der Waals surface area contributed by atoms with E-state index in [2.05, 4.69) is 5.32 Å². The normalized spacial score (nSPS) is 13.0. The molecular formula is C34H34N2O5. The Kier molecular flexibility index (Phi) is 10.8. The van der Waals surface area contributed by atoms with Crippen LogP contribution in [0.25, 0.3) is 0 Å². The molecule has 0 saturated carbocycles. The molecule has 210 valence electrons. The van der Waals surface area contributed by atoms with Crippen LogP contribution in [0.5, 0.6) is 0 Å². The fourth-order valence-electron chi connectivity index (χ4n) is 4.84. The first-order valence-corrected chi connectivity index (χ1v) is 13.6. The van der Waals surface area contributed by atoms with E-state index in [1.807, 2.05) is 97.1 Å². The van der Waals surface area contributed by atoms with Crippen molar-refractivity contribution in [3.8, 4) is 0 Å². The summed E-state index contributed by atoms with van der Waals surface area (Å²) >= 11 is 0. The number of hydrogen-bond donors (Lipinski definition) is 2. The molecule has 0 bridgehead atoms. The summed E-state index contributed by atoms with van der Waals surface area (Å²) in [6.07, 6.45) is 1.23. The van der Waals surface area contributed by atoms with Crippen molar-refractivity contribution in [1.29, 1.82) is 0 Å². The number of hydroxylamine groups is 2. The molecule has 0 radical (unpaired) electrons. The maximum Gasteiger partial charge on any atom is 0.313 e. The summed E-state index contributed by atoms with van der Waals surface area (Å²) in [5.74, 6) is -3.05. The molecule has 0 spiro atoms. The Labute approximate surface area is 240 Å². The number of amides is 2. The highest BCUT2D eigenvalue weighted by molar-refractivity contribution is 5.82. The third-order valence-corrected chi connectivity index (χ3v) is 6.91. The Hall–Kier alpha value is -4.75. The maximum atomic E-state index is 13.9. The molecule has 0 aliphatic rings. The van der Waals surface area contributed by atoms with Gasteiger partial charge in [0.2, 0.25) is 12.3 Å². The number of hydrogen-bond acceptors (Lipinski definition) is 4. The van der Waals surface area contributed by atoms with E-state index >= 15 is 0 Å². The van der Waals surface area contributed by atoms with Gasteiger partial charge >= 0.3 is 5.97 Å². The average Bonchev–Trinajstić information content (AvgIpc) is 3.00. The summed E-state index contributed by atoms with van der Waals surface area (Å²) < 4.78 is 0. The van der Waals surface area contributed by atoms with E-state index in [9.17, 15) is 19.5 Å². The molecule has 0 heterocycles. The van der Waals surface area contributed by atoms with Crippen molar-refractivity contribution in [2.24, 2.45) is 5.92 Å². The highest BCUT2D eigenvalue weighted by atomic mass is 16.7. The maximum absolute atomic E-state index is 13.9. The van der Waals surface area contributed by atoms with Crippen LogP contribution in [0.15, 0.2) is 121 Å². The monoisotopic (exact) mass is 550 g/mol. The first-order chi connectivity index (χ1) is 20.0. The largest absolute Gasteiger partial charge is 0.481 e. The third-order valence-electron chi connectivity index (χ3n) is 6.91. The quantitative estimate of drug-likeness (QED) is 0.160. The Morgan fingerprint density at radius 2 is 1.22 bits per heavy atom. The van der Waals surface area contributed by atoms with Gasteiger partial charge in [-0.2, -0.15) is 0 Å². The lowest BCUT2D eigenvalue weighted by Gasteiger charge is -2.29. The number of nitrogens with zero attached hydrogens (tertiary/aromatic N) is 1. The lowest BCUT2D eigenvalue weighted by molar-refractivity contribution is -0.182. The first-order valence-electron chi connectivity index (χ1n) is 13.6. The standard InChI is InChI=1S/C34H34N2O5/c37-25-36(41-24-28-17-9-3-10-18-28)23-30(21-26-13-5-1-6-14-26)33(38)35-31(22-27-15-7-2-8-16-27)32(34(39)40)29-19-11-4-12-20-29/h1-20,25,30-32H,21-24H2,(H,35,38)(H,39,40)/t30?,31-,32?/m0/s1. The molecule has 7 nitrogen and oxygen atoms in total. The SMILES string of the molecule is O=CN(CC(Cc1ccccc1)C(=O)N[C@@H](Cc1ccccc1)C(C(=O)O)c1ccccc1)OCc1ccccc1. The van der Waals surface area contributed by atoms with Gasteiger partial charge in [0, 0.05) is 0 Å². The van der Waals surface area contributed by atoms with E-state index in [1.165, 1.54) is 0 Å². The second-order valence-corrected chi connectivity index (χ2v) is 9.88. The highest BCUT2D eigenvalue weighted by Gasteiger charge is 2.33.